The second-order valence-electron chi connectivity index (χ2n) is 4.95. The Kier molecular flexibility index (Phi) is 3.85. The van der Waals surface area contributed by atoms with Crippen molar-refractivity contribution in [3.63, 3.8) is 0 Å². The van der Waals surface area contributed by atoms with E-state index < -0.39 is 0 Å². The minimum Gasteiger partial charge on any atom is -0.493 e. The second kappa shape index (κ2) is 5.76. The molecule has 0 amide bonds. The van der Waals surface area contributed by atoms with Gasteiger partial charge in [0.05, 0.1) is 12.7 Å². The third kappa shape index (κ3) is 2.99. The molecule has 2 nitrogen and oxygen atoms in total. The van der Waals surface area contributed by atoms with Gasteiger partial charge < -0.3 is 9.84 Å². The Morgan fingerprint density at radius 2 is 2.26 bits per heavy atom. The van der Waals surface area contributed by atoms with E-state index >= 15 is 0 Å². The summed E-state index contributed by atoms with van der Waals surface area (Å²) >= 11 is 1.76. The van der Waals surface area contributed by atoms with Gasteiger partial charge in [-0.25, -0.2) is 0 Å². The van der Waals surface area contributed by atoms with Crippen molar-refractivity contribution in [1.82, 2.24) is 0 Å². The highest BCUT2D eigenvalue weighted by molar-refractivity contribution is 7.09. The molecule has 19 heavy (non-hydrogen) atoms. The van der Waals surface area contributed by atoms with Crippen LogP contribution in [-0.4, -0.2) is 11.7 Å². The number of aliphatic hydroxyl groups excluding tert-OH is 1. The van der Waals surface area contributed by atoms with Crippen LogP contribution in [0.5, 0.6) is 5.75 Å². The Balaban J connectivity index is 1.63. The largest absolute Gasteiger partial charge is 0.493 e. The summed E-state index contributed by atoms with van der Waals surface area (Å²) in [5.74, 6) is 0.872. The van der Waals surface area contributed by atoms with Gasteiger partial charge in [-0.2, -0.15) is 0 Å². The molecule has 1 unspecified atom stereocenters. The minimum atomic E-state index is -0.315. The quantitative estimate of drug-likeness (QED) is 0.920. The fourth-order valence-corrected chi connectivity index (χ4v) is 3.26. The van der Waals surface area contributed by atoms with E-state index in [1.807, 2.05) is 12.1 Å². The molecule has 1 aliphatic rings. The molecular weight excluding hydrogens is 256 g/mol. The standard InChI is InChI=1S/C16H18O2S/c17-16-5-1-3-12-6-7-13(11-15(12)16)18-9-8-14-4-2-10-19-14/h2,4,6-7,10-11,16-17H,1,3,5,8-9H2. The topological polar surface area (TPSA) is 29.5 Å². The Morgan fingerprint density at radius 3 is 3.11 bits per heavy atom. The molecule has 0 saturated heterocycles. The van der Waals surface area contributed by atoms with Crippen LogP contribution in [0.4, 0.5) is 0 Å². The molecule has 1 aromatic carbocycles. The fraction of sp³-hybridized carbons (Fsp3) is 0.375. The van der Waals surface area contributed by atoms with E-state index in [1.54, 1.807) is 11.3 Å². The minimum absolute atomic E-state index is 0.315. The first-order valence-electron chi connectivity index (χ1n) is 6.79. The lowest BCUT2D eigenvalue weighted by molar-refractivity contribution is 0.156. The Hall–Kier alpha value is -1.32. The van der Waals surface area contributed by atoms with Crippen molar-refractivity contribution in [3.05, 3.63) is 51.7 Å². The van der Waals surface area contributed by atoms with Gasteiger partial charge in [-0.05, 0) is 54.0 Å². The monoisotopic (exact) mass is 274 g/mol. The summed E-state index contributed by atoms with van der Waals surface area (Å²) in [5, 5.41) is 12.1. The second-order valence-corrected chi connectivity index (χ2v) is 5.98. The number of aliphatic hydroxyl groups is 1. The number of benzene rings is 1. The molecule has 0 spiro atoms. The molecular formula is C16H18O2S. The fourth-order valence-electron chi connectivity index (χ4n) is 2.57. The zero-order chi connectivity index (χ0) is 13.1. The predicted molar refractivity (Wildman–Crippen MR) is 77.9 cm³/mol. The van der Waals surface area contributed by atoms with Crippen molar-refractivity contribution in [2.75, 3.05) is 6.61 Å². The number of rotatable bonds is 4. The lowest BCUT2D eigenvalue weighted by Gasteiger charge is -2.21. The first kappa shape index (κ1) is 12.7. The summed E-state index contributed by atoms with van der Waals surface area (Å²) in [6, 6.07) is 10.3. The van der Waals surface area contributed by atoms with Gasteiger partial charge in [0.25, 0.3) is 0 Å². The van der Waals surface area contributed by atoms with Gasteiger partial charge in [0, 0.05) is 11.3 Å². The molecule has 100 valence electrons. The summed E-state index contributed by atoms with van der Waals surface area (Å²) in [6.45, 7) is 0.690. The van der Waals surface area contributed by atoms with Crippen LogP contribution in [-0.2, 0) is 12.8 Å². The van der Waals surface area contributed by atoms with E-state index in [2.05, 4.69) is 23.6 Å². The number of aryl methyl sites for hydroxylation is 1. The van der Waals surface area contributed by atoms with Crippen LogP contribution in [0.2, 0.25) is 0 Å². The maximum Gasteiger partial charge on any atom is 0.119 e. The predicted octanol–water partition coefficient (Wildman–Crippen LogP) is 3.74. The van der Waals surface area contributed by atoms with Gasteiger partial charge in [0.2, 0.25) is 0 Å². The summed E-state index contributed by atoms with van der Waals surface area (Å²) in [5.41, 5.74) is 2.32. The van der Waals surface area contributed by atoms with Crippen molar-refractivity contribution in [3.8, 4) is 5.75 Å². The third-order valence-corrected chi connectivity index (χ3v) is 4.53. The van der Waals surface area contributed by atoms with E-state index in [1.165, 1.54) is 10.4 Å². The summed E-state index contributed by atoms with van der Waals surface area (Å²) < 4.78 is 5.79. The van der Waals surface area contributed by atoms with Gasteiger partial charge in [-0.3, -0.25) is 0 Å². The smallest absolute Gasteiger partial charge is 0.119 e. The highest BCUT2D eigenvalue weighted by Gasteiger charge is 2.18. The van der Waals surface area contributed by atoms with Crippen molar-refractivity contribution in [2.45, 2.75) is 31.8 Å². The van der Waals surface area contributed by atoms with Crippen LogP contribution < -0.4 is 4.74 Å². The molecule has 1 heterocycles. The molecule has 3 rings (SSSR count). The average Bonchev–Trinajstić information content (AvgIpc) is 2.93. The maximum atomic E-state index is 10.0. The van der Waals surface area contributed by atoms with Gasteiger partial charge in [0.1, 0.15) is 5.75 Å². The first-order chi connectivity index (χ1) is 9.33. The van der Waals surface area contributed by atoms with Crippen molar-refractivity contribution in [2.24, 2.45) is 0 Å². The van der Waals surface area contributed by atoms with E-state index in [0.29, 0.717) is 6.61 Å². The number of fused-ring (bicyclic) bond motifs is 1. The molecule has 0 radical (unpaired) electrons. The maximum absolute atomic E-state index is 10.0. The normalized spacial score (nSPS) is 18.1. The molecule has 0 saturated carbocycles. The molecule has 0 bridgehead atoms. The van der Waals surface area contributed by atoms with Crippen LogP contribution in [0.3, 0.4) is 0 Å². The number of thiophene rings is 1. The molecule has 2 aromatic rings. The van der Waals surface area contributed by atoms with Crippen molar-refractivity contribution in [1.29, 1.82) is 0 Å². The molecule has 1 atom stereocenters. The number of hydrogen-bond donors (Lipinski definition) is 1. The Bertz CT molecular complexity index is 534. The van der Waals surface area contributed by atoms with Gasteiger partial charge in [-0.1, -0.05) is 12.1 Å². The van der Waals surface area contributed by atoms with Crippen LogP contribution in [0, 0.1) is 0 Å². The van der Waals surface area contributed by atoms with Crippen LogP contribution in [0.15, 0.2) is 35.7 Å². The summed E-state index contributed by atoms with van der Waals surface area (Å²) in [7, 11) is 0. The van der Waals surface area contributed by atoms with Gasteiger partial charge in [-0.15, -0.1) is 11.3 Å². The third-order valence-electron chi connectivity index (χ3n) is 3.60. The molecule has 0 fully saturated rings. The zero-order valence-electron chi connectivity index (χ0n) is 10.8. The van der Waals surface area contributed by atoms with E-state index in [-0.39, 0.29) is 6.10 Å². The lowest BCUT2D eigenvalue weighted by Crippen LogP contribution is -2.09. The molecule has 3 heteroatoms. The number of ether oxygens (including phenoxy) is 1. The van der Waals surface area contributed by atoms with Gasteiger partial charge in [0.15, 0.2) is 0 Å². The van der Waals surface area contributed by atoms with E-state index in [0.717, 1.165) is 37.0 Å². The van der Waals surface area contributed by atoms with Crippen LogP contribution >= 0.6 is 11.3 Å². The molecule has 1 N–H and O–H groups in total. The zero-order valence-corrected chi connectivity index (χ0v) is 11.7. The summed E-state index contributed by atoms with van der Waals surface area (Å²) in [6.07, 6.45) is 3.64. The summed E-state index contributed by atoms with van der Waals surface area (Å²) in [4.78, 5) is 1.35. The Morgan fingerprint density at radius 1 is 1.32 bits per heavy atom. The molecule has 1 aromatic heterocycles. The first-order valence-corrected chi connectivity index (χ1v) is 7.67. The number of hydrogen-bond acceptors (Lipinski definition) is 3. The molecule has 0 aliphatic heterocycles. The van der Waals surface area contributed by atoms with Gasteiger partial charge >= 0.3 is 0 Å². The molecule has 1 aliphatic carbocycles. The van der Waals surface area contributed by atoms with E-state index in [4.69, 9.17) is 4.74 Å². The highest BCUT2D eigenvalue weighted by atomic mass is 32.1. The van der Waals surface area contributed by atoms with Crippen LogP contribution in [0.25, 0.3) is 0 Å². The van der Waals surface area contributed by atoms with Crippen molar-refractivity contribution >= 4 is 11.3 Å². The van der Waals surface area contributed by atoms with Crippen molar-refractivity contribution < 1.29 is 9.84 Å². The highest BCUT2D eigenvalue weighted by Crippen LogP contribution is 2.32. The average molecular weight is 274 g/mol. The van der Waals surface area contributed by atoms with E-state index in [9.17, 15) is 5.11 Å². The lowest BCUT2D eigenvalue weighted by atomic mass is 9.89. The van der Waals surface area contributed by atoms with Crippen LogP contribution in [0.1, 0.15) is 34.9 Å². The SMILES string of the molecule is OC1CCCc2ccc(OCCc3cccs3)cc21. The Labute approximate surface area is 117 Å².